The molecule has 1 rings (SSSR count). The summed E-state index contributed by atoms with van der Waals surface area (Å²) in [4.78, 5) is 13.9. The molecule has 6 heteroatoms. The molecule has 0 atom stereocenters. The number of benzene rings is 1. The Hall–Kier alpha value is -1.14. The molecule has 0 radical (unpaired) electrons. The minimum absolute atomic E-state index is 0. The topological polar surface area (TPSA) is 50.8 Å². The maximum Gasteiger partial charge on any atom is 0.236 e. The van der Waals surface area contributed by atoms with Crippen molar-refractivity contribution >= 4 is 18.3 Å². The van der Waals surface area contributed by atoms with Gasteiger partial charge in [-0.1, -0.05) is 30.3 Å². The summed E-state index contributed by atoms with van der Waals surface area (Å²) >= 11 is 0. The molecule has 0 unspecified atom stereocenters. The van der Waals surface area contributed by atoms with Gasteiger partial charge in [-0.25, -0.2) is 0 Å². The standard InChI is InChI=1S/C15H24N2O3.ClH/c1-16-12-15(18)17(8-9-20-11-10-19-2)13-14-6-4-3-5-7-14;/h3-7,16H,8-13H2,1-2H3;1H. The van der Waals surface area contributed by atoms with E-state index >= 15 is 0 Å². The molecule has 0 bridgehead atoms. The maximum atomic E-state index is 12.1. The summed E-state index contributed by atoms with van der Waals surface area (Å²) < 4.78 is 10.3. The second-order valence-corrected chi connectivity index (χ2v) is 4.44. The lowest BCUT2D eigenvalue weighted by Gasteiger charge is -2.22. The zero-order valence-corrected chi connectivity index (χ0v) is 13.5. The van der Waals surface area contributed by atoms with Gasteiger partial charge in [0.05, 0.1) is 26.4 Å². The summed E-state index contributed by atoms with van der Waals surface area (Å²) in [6, 6.07) is 9.96. The van der Waals surface area contributed by atoms with Crippen LogP contribution in [0.4, 0.5) is 0 Å². The molecular formula is C15H25ClN2O3. The molecule has 0 aliphatic heterocycles. The monoisotopic (exact) mass is 316 g/mol. The minimum Gasteiger partial charge on any atom is -0.382 e. The van der Waals surface area contributed by atoms with E-state index in [4.69, 9.17) is 9.47 Å². The van der Waals surface area contributed by atoms with E-state index in [1.54, 1.807) is 19.1 Å². The van der Waals surface area contributed by atoms with Crippen molar-refractivity contribution in [1.29, 1.82) is 0 Å². The Morgan fingerprint density at radius 1 is 1.19 bits per heavy atom. The molecule has 0 aliphatic rings. The molecule has 0 saturated carbocycles. The molecule has 0 saturated heterocycles. The van der Waals surface area contributed by atoms with Crippen LogP contribution in [-0.2, 0) is 20.8 Å². The zero-order chi connectivity index (χ0) is 14.6. The Kier molecular flexibility index (Phi) is 11.9. The number of rotatable bonds is 10. The van der Waals surface area contributed by atoms with Crippen LogP contribution in [0.25, 0.3) is 0 Å². The lowest BCUT2D eigenvalue weighted by Crippen LogP contribution is -2.38. The van der Waals surface area contributed by atoms with Crippen LogP contribution >= 0.6 is 12.4 Å². The van der Waals surface area contributed by atoms with Gasteiger partial charge < -0.3 is 19.7 Å². The van der Waals surface area contributed by atoms with Crippen molar-refractivity contribution in [3.05, 3.63) is 35.9 Å². The second kappa shape index (κ2) is 12.6. The van der Waals surface area contributed by atoms with Crippen molar-refractivity contribution < 1.29 is 14.3 Å². The lowest BCUT2D eigenvalue weighted by molar-refractivity contribution is -0.131. The van der Waals surface area contributed by atoms with Gasteiger partial charge in [0.1, 0.15) is 0 Å². The van der Waals surface area contributed by atoms with Gasteiger partial charge in [0.25, 0.3) is 0 Å². The molecular weight excluding hydrogens is 292 g/mol. The summed E-state index contributed by atoms with van der Waals surface area (Å²) in [5.74, 6) is 0.0756. The van der Waals surface area contributed by atoms with E-state index in [1.165, 1.54) is 0 Å². The number of amides is 1. The molecule has 0 aromatic heterocycles. The van der Waals surface area contributed by atoms with Gasteiger partial charge in [-0.2, -0.15) is 0 Å². The number of nitrogens with zero attached hydrogens (tertiary/aromatic N) is 1. The predicted molar refractivity (Wildman–Crippen MR) is 85.7 cm³/mol. The Morgan fingerprint density at radius 2 is 1.90 bits per heavy atom. The van der Waals surface area contributed by atoms with Gasteiger partial charge in [-0.05, 0) is 12.6 Å². The van der Waals surface area contributed by atoms with Gasteiger partial charge in [-0.15, -0.1) is 12.4 Å². The molecule has 1 aromatic rings. The van der Waals surface area contributed by atoms with Gasteiger partial charge in [0.15, 0.2) is 0 Å². The zero-order valence-electron chi connectivity index (χ0n) is 12.7. The fourth-order valence-electron chi connectivity index (χ4n) is 1.78. The van der Waals surface area contributed by atoms with E-state index in [9.17, 15) is 4.79 Å². The van der Waals surface area contributed by atoms with Crippen molar-refractivity contribution in [2.75, 3.05) is 47.1 Å². The van der Waals surface area contributed by atoms with E-state index in [0.29, 0.717) is 39.5 Å². The Labute approximate surface area is 133 Å². The highest BCUT2D eigenvalue weighted by Gasteiger charge is 2.12. The number of carbonyl (C=O) groups excluding carboxylic acids is 1. The number of halogens is 1. The highest BCUT2D eigenvalue weighted by molar-refractivity contribution is 5.85. The molecule has 5 nitrogen and oxygen atoms in total. The van der Waals surface area contributed by atoms with Crippen LogP contribution in [0, 0.1) is 0 Å². The highest BCUT2D eigenvalue weighted by atomic mass is 35.5. The average Bonchev–Trinajstić information content (AvgIpc) is 2.47. The van der Waals surface area contributed by atoms with E-state index in [0.717, 1.165) is 5.56 Å². The van der Waals surface area contributed by atoms with Gasteiger partial charge in [0, 0.05) is 20.2 Å². The van der Waals surface area contributed by atoms with Crippen LogP contribution in [-0.4, -0.2) is 57.9 Å². The molecule has 21 heavy (non-hydrogen) atoms. The summed E-state index contributed by atoms with van der Waals surface area (Å²) in [7, 11) is 3.41. The predicted octanol–water partition coefficient (Wildman–Crippen LogP) is 1.32. The number of hydrogen-bond donors (Lipinski definition) is 1. The third-order valence-electron chi connectivity index (χ3n) is 2.83. The van der Waals surface area contributed by atoms with E-state index in [1.807, 2.05) is 30.3 Å². The summed E-state index contributed by atoms with van der Waals surface area (Å²) in [5.41, 5.74) is 1.12. The van der Waals surface area contributed by atoms with E-state index in [-0.39, 0.29) is 18.3 Å². The Morgan fingerprint density at radius 3 is 2.52 bits per heavy atom. The number of likely N-dealkylation sites (N-methyl/N-ethyl adjacent to an activating group) is 1. The molecule has 1 amide bonds. The number of ether oxygens (including phenoxy) is 2. The quantitative estimate of drug-likeness (QED) is 0.662. The Balaban J connectivity index is 0.00000400. The van der Waals surface area contributed by atoms with Crippen LogP contribution in [0.5, 0.6) is 0 Å². The molecule has 0 heterocycles. The van der Waals surface area contributed by atoms with E-state index < -0.39 is 0 Å². The summed E-state index contributed by atoms with van der Waals surface area (Å²) in [6.07, 6.45) is 0. The first-order chi connectivity index (χ1) is 9.77. The smallest absolute Gasteiger partial charge is 0.236 e. The van der Waals surface area contributed by atoms with Crippen molar-refractivity contribution in [1.82, 2.24) is 10.2 Å². The molecule has 0 aliphatic carbocycles. The second-order valence-electron chi connectivity index (χ2n) is 4.44. The van der Waals surface area contributed by atoms with Gasteiger partial charge >= 0.3 is 0 Å². The maximum absolute atomic E-state index is 12.1. The fraction of sp³-hybridized carbons (Fsp3) is 0.533. The number of carbonyl (C=O) groups is 1. The third kappa shape index (κ3) is 8.67. The average molecular weight is 317 g/mol. The van der Waals surface area contributed by atoms with Crippen molar-refractivity contribution in [3.8, 4) is 0 Å². The molecule has 1 aromatic carbocycles. The molecule has 120 valence electrons. The molecule has 0 fully saturated rings. The highest BCUT2D eigenvalue weighted by Crippen LogP contribution is 2.04. The SMILES string of the molecule is CNCC(=O)N(CCOCCOC)Cc1ccccc1.Cl. The van der Waals surface area contributed by atoms with Crippen LogP contribution < -0.4 is 5.32 Å². The third-order valence-corrected chi connectivity index (χ3v) is 2.83. The normalized spacial score (nSPS) is 10.0. The Bertz CT molecular complexity index is 376. The summed E-state index contributed by atoms with van der Waals surface area (Å²) in [5, 5.41) is 2.89. The molecule has 1 N–H and O–H groups in total. The number of hydrogen-bond acceptors (Lipinski definition) is 4. The van der Waals surface area contributed by atoms with Crippen LogP contribution in [0.3, 0.4) is 0 Å². The first-order valence-electron chi connectivity index (χ1n) is 6.81. The van der Waals surface area contributed by atoms with Crippen LogP contribution in [0.15, 0.2) is 30.3 Å². The lowest BCUT2D eigenvalue weighted by atomic mass is 10.2. The number of methoxy groups -OCH3 is 1. The molecule has 0 spiro atoms. The minimum atomic E-state index is 0. The fourth-order valence-corrected chi connectivity index (χ4v) is 1.78. The van der Waals surface area contributed by atoms with Crippen LogP contribution in [0.1, 0.15) is 5.56 Å². The van der Waals surface area contributed by atoms with Crippen molar-refractivity contribution in [2.45, 2.75) is 6.54 Å². The van der Waals surface area contributed by atoms with Crippen molar-refractivity contribution in [2.24, 2.45) is 0 Å². The first-order valence-corrected chi connectivity index (χ1v) is 6.81. The van der Waals surface area contributed by atoms with Crippen LogP contribution in [0.2, 0.25) is 0 Å². The summed E-state index contributed by atoms with van der Waals surface area (Å²) in [6.45, 7) is 3.17. The van der Waals surface area contributed by atoms with E-state index in [2.05, 4.69) is 5.32 Å². The number of nitrogens with one attached hydrogen (secondary N) is 1. The first kappa shape index (κ1) is 19.9. The van der Waals surface area contributed by atoms with Crippen molar-refractivity contribution in [3.63, 3.8) is 0 Å². The largest absolute Gasteiger partial charge is 0.382 e. The van der Waals surface area contributed by atoms with Gasteiger partial charge in [0.2, 0.25) is 5.91 Å². The van der Waals surface area contributed by atoms with Gasteiger partial charge in [-0.3, -0.25) is 4.79 Å².